The Morgan fingerprint density at radius 3 is 2.29 bits per heavy atom. The smallest absolute Gasteiger partial charge is 0.361 e. The van der Waals surface area contributed by atoms with Crippen LogP contribution in [0.3, 0.4) is 0 Å². The third-order valence-corrected chi connectivity index (χ3v) is 6.05. The molecule has 5 rings (SSSR count). The number of fused-ring (bicyclic) bond motifs is 2. The third-order valence-electron chi connectivity index (χ3n) is 6.05. The van der Waals surface area contributed by atoms with Gasteiger partial charge in [-0.05, 0) is 26.2 Å². The van der Waals surface area contributed by atoms with Crippen molar-refractivity contribution in [1.29, 1.82) is 0 Å². The van der Waals surface area contributed by atoms with Gasteiger partial charge in [-0.1, -0.05) is 30.3 Å². The summed E-state index contributed by atoms with van der Waals surface area (Å²) in [5.41, 5.74) is 1.02. The average Bonchev–Trinajstić information content (AvgIpc) is 3.44. The zero-order valence-corrected chi connectivity index (χ0v) is 18.5. The van der Waals surface area contributed by atoms with Gasteiger partial charge in [0.25, 0.3) is 11.8 Å². The molecule has 0 aliphatic carbocycles. The first kappa shape index (κ1) is 22.0. The van der Waals surface area contributed by atoms with Crippen molar-refractivity contribution in [2.75, 3.05) is 20.6 Å². The molecule has 0 unspecified atom stereocenters. The minimum atomic E-state index is -4.58. The van der Waals surface area contributed by atoms with E-state index in [-0.39, 0.29) is 28.6 Å². The highest BCUT2D eigenvalue weighted by molar-refractivity contribution is 6.50. The third kappa shape index (κ3) is 3.49. The quantitative estimate of drug-likeness (QED) is 0.432. The molecule has 0 saturated carbocycles. The molecule has 2 aromatic heterocycles. The van der Waals surface area contributed by atoms with Crippen LogP contribution in [0.5, 0.6) is 0 Å². The van der Waals surface area contributed by atoms with Crippen LogP contribution in [0.4, 0.5) is 13.2 Å². The molecule has 2 amide bonds. The maximum Gasteiger partial charge on any atom is 0.418 e. The average molecular weight is 466 g/mol. The number of halogens is 3. The number of hydrogen-bond donors (Lipinski definition) is 2. The van der Waals surface area contributed by atoms with Crippen molar-refractivity contribution in [2.24, 2.45) is 0 Å². The van der Waals surface area contributed by atoms with Gasteiger partial charge in [0.05, 0.1) is 22.2 Å². The van der Waals surface area contributed by atoms with Crippen LogP contribution in [-0.2, 0) is 22.3 Å². The predicted octanol–water partition coefficient (Wildman–Crippen LogP) is 4.27. The number of rotatable bonds is 5. The zero-order valence-electron chi connectivity index (χ0n) is 18.5. The van der Waals surface area contributed by atoms with Crippen LogP contribution < -0.4 is 5.32 Å². The maximum atomic E-state index is 13.9. The molecule has 2 N–H and O–H groups in total. The topological polar surface area (TPSA) is 70.1 Å². The fraction of sp³-hybridized carbons (Fsp3) is 0.200. The van der Waals surface area contributed by atoms with Crippen LogP contribution in [-0.4, -0.2) is 46.9 Å². The van der Waals surface area contributed by atoms with E-state index in [0.29, 0.717) is 17.7 Å². The van der Waals surface area contributed by atoms with Gasteiger partial charge in [-0.2, -0.15) is 13.2 Å². The number of aromatic nitrogens is 2. The van der Waals surface area contributed by atoms with E-state index in [1.165, 1.54) is 10.6 Å². The van der Waals surface area contributed by atoms with Crippen LogP contribution in [0.25, 0.3) is 33.0 Å². The molecule has 3 heterocycles. The molecule has 1 aliphatic heterocycles. The molecule has 1 aliphatic rings. The van der Waals surface area contributed by atoms with Crippen molar-refractivity contribution in [1.82, 2.24) is 19.8 Å². The number of H-pyrrole nitrogens is 1. The van der Waals surface area contributed by atoms with Crippen LogP contribution in [0.2, 0.25) is 0 Å². The van der Waals surface area contributed by atoms with Crippen LogP contribution in [0, 0.1) is 0 Å². The number of alkyl halides is 3. The van der Waals surface area contributed by atoms with Crippen molar-refractivity contribution in [2.45, 2.75) is 12.7 Å². The summed E-state index contributed by atoms with van der Waals surface area (Å²) >= 11 is 0. The molecule has 9 heteroatoms. The Hall–Kier alpha value is -3.85. The molecule has 0 radical (unpaired) electrons. The Balaban J connectivity index is 1.82. The summed E-state index contributed by atoms with van der Waals surface area (Å²) in [6.07, 6.45) is -1.39. The van der Waals surface area contributed by atoms with Crippen molar-refractivity contribution in [3.05, 3.63) is 71.5 Å². The highest BCUT2D eigenvalue weighted by Crippen LogP contribution is 2.41. The molecule has 4 aromatic rings. The Bertz CT molecular complexity index is 1490. The molecule has 0 saturated heterocycles. The molecular formula is C25H21F3N4O2. The zero-order chi connectivity index (χ0) is 24.2. The molecule has 34 heavy (non-hydrogen) atoms. The number of imide groups is 1. The monoisotopic (exact) mass is 466 g/mol. The fourth-order valence-corrected chi connectivity index (χ4v) is 4.52. The van der Waals surface area contributed by atoms with Crippen LogP contribution >= 0.6 is 0 Å². The van der Waals surface area contributed by atoms with Gasteiger partial charge < -0.3 is 14.5 Å². The van der Waals surface area contributed by atoms with E-state index in [9.17, 15) is 22.8 Å². The predicted molar refractivity (Wildman–Crippen MR) is 124 cm³/mol. The highest BCUT2D eigenvalue weighted by Gasteiger charge is 2.38. The number of para-hydroxylation sites is 2. The van der Waals surface area contributed by atoms with Crippen molar-refractivity contribution in [3.8, 4) is 0 Å². The Labute approximate surface area is 192 Å². The Kier molecular flexibility index (Phi) is 5.09. The molecule has 6 nitrogen and oxygen atoms in total. The second kappa shape index (κ2) is 7.88. The van der Waals surface area contributed by atoms with E-state index in [1.54, 1.807) is 18.5 Å². The number of carbonyl (C=O) groups excluding carboxylic acids is 2. The summed E-state index contributed by atoms with van der Waals surface area (Å²) in [5.74, 6) is -1.21. The highest BCUT2D eigenvalue weighted by atomic mass is 19.4. The number of aromatic amines is 1. The van der Waals surface area contributed by atoms with Gasteiger partial charge in [0.2, 0.25) is 0 Å². The molecular weight excluding hydrogens is 445 g/mol. The number of likely N-dealkylation sites (N-methyl/N-ethyl adjacent to an activating group) is 1. The molecule has 0 bridgehead atoms. The number of nitrogens with zero attached hydrogens (tertiary/aromatic N) is 2. The molecule has 0 atom stereocenters. The Morgan fingerprint density at radius 1 is 0.912 bits per heavy atom. The summed E-state index contributed by atoms with van der Waals surface area (Å²) in [6.45, 7) is 0.775. The number of benzene rings is 2. The second-order valence-electron chi connectivity index (χ2n) is 8.52. The van der Waals surface area contributed by atoms with Crippen LogP contribution in [0.15, 0.2) is 54.9 Å². The van der Waals surface area contributed by atoms with E-state index in [4.69, 9.17) is 0 Å². The lowest BCUT2D eigenvalue weighted by atomic mass is 9.95. The lowest BCUT2D eigenvalue weighted by molar-refractivity contribution is -0.136. The van der Waals surface area contributed by atoms with Gasteiger partial charge in [-0.15, -0.1) is 0 Å². The lowest BCUT2D eigenvalue weighted by Crippen LogP contribution is -2.22. The van der Waals surface area contributed by atoms with Gasteiger partial charge in [-0.25, -0.2) is 0 Å². The number of carbonyl (C=O) groups is 2. The second-order valence-corrected chi connectivity index (χ2v) is 8.52. The van der Waals surface area contributed by atoms with Gasteiger partial charge in [0.1, 0.15) is 0 Å². The van der Waals surface area contributed by atoms with Crippen molar-refractivity contribution in [3.63, 3.8) is 0 Å². The number of hydrogen-bond acceptors (Lipinski definition) is 3. The van der Waals surface area contributed by atoms with Gasteiger partial charge >= 0.3 is 6.18 Å². The first-order chi connectivity index (χ1) is 16.2. The summed E-state index contributed by atoms with van der Waals surface area (Å²) < 4.78 is 43.3. The minimum Gasteiger partial charge on any atom is -0.361 e. The SMILES string of the molecule is CN(C)CCn1cc(C2=C(c3c[nH]c4ccccc34)C(=O)NC2=O)c2cccc(C(F)(F)F)c21. The summed E-state index contributed by atoms with van der Waals surface area (Å²) in [4.78, 5) is 30.8. The van der Waals surface area contributed by atoms with Crippen molar-refractivity contribution >= 4 is 44.8 Å². The first-order valence-corrected chi connectivity index (χ1v) is 10.7. The summed E-state index contributed by atoms with van der Waals surface area (Å²) in [5, 5.41) is 3.34. The molecule has 174 valence electrons. The van der Waals surface area contributed by atoms with Gasteiger partial charge in [0, 0.05) is 52.9 Å². The maximum absolute atomic E-state index is 13.9. The van der Waals surface area contributed by atoms with E-state index < -0.39 is 23.6 Å². The summed E-state index contributed by atoms with van der Waals surface area (Å²) in [7, 11) is 3.66. The fourth-order valence-electron chi connectivity index (χ4n) is 4.52. The van der Waals surface area contributed by atoms with Gasteiger partial charge in [-0.3, -0.25) is 14.9 Å². The van der Waals surface area contributed by atoms with E-state index in [1.807, 2.05) is 43.3 Å². The van der Waals surface area contributed by atoms with Gasteiger partial charge in [0.15, 0.2) is 0 Å². The number of nitrogens with one attached hydrogen (secondary N) is 2. The minimum absolute atomic E-state index is 0.00947. The standard InChI is InChI=1S/C25H21F3N4O2/c1-31(2)10-11-32-13-17(15-7-5-8-18(22(15)32)25(26,27)28)21-20(23(33)30-24(21)34)16-12-29-19-9-4-3-6-14(16)19/h3-9,12-13,29H,10-11H2,1-2H3,(H,30,33,34). The normalized spacial score (nSPS) is 14.8. The van der Waals surface area contributed by atoms with E-state index in [0.717, 1.165) is 17.0 Å². The first-order valence-electron chi connectivity index (χ1n) is 10.7. The summed E-state index contributed by atoms with van der Waals surface area (Å²) in [6, 6.07) is 11.2. The van der Waals surface area contributed by atoms with Crippen molar-refractivity contribution < 1.29 is 22.8 Å². The number of amides is 2. The molecule has 0 spiro atoms. The van der Waals surface area contributed by atoms with E-state index >= 15 is 0 Å². The van der Waals surface area contributed by atoms with E-state index in [2.05, 4.69) is 10.3 Å². The Morgan fingerprint density at radius 2 is 1.59 bits per heavy atom. The lowest BCUT2D eigenvalue weighted by Gasteiger charge is -2.14. The molecule has 0 fully saturated rings. The largest absolute Gasteiger partial charge is 0.418 e. The van der Waals surface area contributed by atoms with Crippen LogP contribution in [0.1, 0.15) is 16.7 Å². The molecule has 2 aromatic carbocycles.